The third kappa shape index (κ3) is 2.32. The highest BCUT2D eigenvalue weighted by atomic mass is 32.1. The van der Waals surface area contributed by atoms with Gasteiger partial charge in [0, 0.05) is 4.88 Å². The predicted octanol–water partition coefficient (Wildman–Crippen LogP) is 2.54. The molecule has 1 atom stereocenters. The first-order chi connectivity index (χ1) is 10.3. The molecule has 0 bridgehead atoms. The van der Waals surface area contributed by atoms with E-state index in [1.807, 2.05) is 0 Å². The minimum atomic E-state index is -0.415. The summed E-state index contributed by atoms with van der Waals surface area (Å²) in [5.41, 5.74) is 0.711. The second-order valence-corrected chi connectivity index (χ2v) is 8.14. The van der Waals surface area contributed by atoms with Crippen molar-refractivity contribution in [1.82, 2.24) is 9.55 Å². The largest absolute Gasteiger partial charge is 0.330 e. The Bertz CT molecular complexity index is 887. The molecule has 4 nitrogen and oxygen atoms in total. The average molecular weight is 316 g/mol. The predicted molar refractivity (Wildman–Crippen MR) is 90.5 cm³/mol. The van der Waals surface area contributed by atoms with Crippen molar-refractivity contribution in [3.63, 3.8) is 0 Å². The van der Waals surface area contributed by atoms with E-state index >= 15 is 0 Å². The molecule has 1 unspecified atom stereocenters. The van der Waals surface area contributed by atoms with E-state index in [-0.39, 0.29) is 17.5 Å². The van der Waals surface area contributed by atoms with Gasteiger partial charge in [0.2, 0.25) is 0 Å². The van der Waals surface area contributed by atoms with Crippen LogP contribution in [0.4, 0.5) is 0 Å². The van der Waals surface area contributed by atoms with Crippen molar-refractivity contribution in [3.05, 3.63) is 31.3 Å². The highest BCUT2D eigenvalue weighted by molar-refractivity contribution is 7.18. The molecule has 22 heavy (non-hydrogen) atoms. The normalized spacial score (nSPS) is 18.2. The molecule has 1 aliphatic rings. The molecule has 2 heterocycles. The molecule has 3 rings (SSSR count). The number of nitrogens with one attached hydrogen (secondary N) is 1. The van der Waals surface area contributed by atoms with E-state index < -0.39 is 5.69 Å². The van der Waals surface area contributed by atoms with Crippen molar-refractivity contribution in [3.8, 4) is 12.3 Å². The SMILES string of the molecule is C#CCn1c(=O)[nH]c2sc3c(c2c1=O)CCC(C(C)(C)C)C3. The number of fused-ring (bicyclic) bond motifs is 3. The lowest BCUT2D eigenvalue weighted by atomic mass is 9.72. The lowest BCUT2D eigenvalue weighted by Crippen LogP contribution is -2.34. The zero-order valence-electron chi connectivity index (χ0n) is 13.2. The van der Waals surface area contributed by atoms with Crippen LogP contribution in [0.3, 0.4) is 0 Å². The number of terminal acetylenes is 1. The van der Waals surface area contributed by atoms with Crippen molar-refractivity contribution < 1.29 is 0 Å². The maximum absolute atomic E-state index is 12.6. The number of hydrogen-bond donors (Lipinski definition) is 1. The summed E-state index contributed by atoms with van der Waals surface area (Å²) >= 11 is 1.55. The minimum Gasteiger partial charge on any atom is -0.298 e. The van der Waals surface area contributed by atoms with Crippen molar-refractivity contribution in [1.29, 1.82) is 0 Å². The quantitative estimate of drug-likeness (QED) is 0.822. The Balaban J connectivity index is 2.18. The fraction of sp³-hybridized carbons (Fsp3) is 0.529. The van der Waals surface area contributed by atoms with Gasteiger partial charge in [-0.25, -0.2) is 9.36 Å². The Hall–Kier alpha value is -1.80. The zero-order valence-corrected chi connectivity index (χ0v) is 14.0. The van der Waals surface area contributed by atoms with Crippen molar-refractivity contribution in [2.75, 3.05) is 0 Å². The first-order valence-corrected chi connectivity index (χ1v) is 8.35. The van der Waals surface area contributed by atoms with Gasteiger partial charge in [0.15, 0.2) is 0 Å². The molecule has 0 radical (unpaired) electrons. The molecule has 1 N–H and O–H groups in total. The monoisotopic (exact) mass is 316 g/mol. The van der Waals surface area contributed by atoms with Crippen molar-refractivity contribution >= 4 is 21.6 Å². The van der Waals surface area contributed by atoms with Gasteiger partial charge in [-0.1, -0.05) is 26.7 Å². The van der Waals surface area contributed by atoms with Gasteiger partial charge in [0.25, 0.3) is 5.56 Å². The van der Waals surface area contributed by atoms with Crippen LogP contribution in [0.1, 0.15) is 37.6 Å². The van der Waals surface area contributed by atoms with Crippen LogP contribution in [-0.4, -0.2) is 9.55 Å². The van der Waals surface area contributed by atoms with Gasteiger partial charge in [0.1, 0.15) is 4.83 Å². The molecule has 0 fully saturated rings. The number of hydrogen-bond acceptors (Lipinski definition) is 3. The molecular weight excluding hydrogens is 296 g/mol. The van der Waals surface area contributed by atoms with E-state index in [1.165, 1.54) is 4.88 Å². The van der Waals surface area contributed by atoms with E-state index in [0.717, 1.165) is 29.4 Å². The summed E-state index contributed by atoms with van der Waals surface area (Å²) in [6, 6.07) is 0. The molecule has 0 saturated carbocycles. The summed E-state index contributed by atoms with van der Waals surface area (Å²) < 4.78 is 1.12. The van der Waals surface area contributed by atoms with Crippen LogP contribution in [0.15, 0.2) is 9.59 Å². The van der Waals surface area contributed by atoms with Crippen LogP contribution >= 0.6 is 11.3 Å². The number of thiophene rings is 1. The summed E-state index contributed by atoms with van der Waals surface area (Å²) in [4.78, 5) is 29.4. The van der Waals surface area contributed by atoms with E-state index in [1.54, 1.807) is 11.3 Å². The van der Waals surface area contributed by atoms with E-state index in [2.05, 4.69) is 31.7 Å². The number of nitrogens with zero attached hydrogens (tertiary/aromatic N) is 1. The summed E-state index contributed by atoms with van der Waals surface area (Å²) in [5, 5.41) is 0.669. The van der Waals surface area contributed by atoms with Crippen LogP contribution in [0.2, 0.25) is 0 Å². The highest BCUT2D eigenvalue weighted by Gasteiger charge is 2.31. The van der Waals surface area contributed by atoms with Gasteiger partial charge < -0.3 is 0 Å². The number of aryl methyl sites for hydroxylation is 1. The van der Waals surface area contributed by atoms with Gasteiger partial charge in [-0.3, -0.25) is 9.78 Å². The van der Waals surface area contributed by atoms with Crippen LogP contribution < -0.4 is 11.2 Å². The molecule has 116 valence electrons. The molecule has 0 aromatic carbocycles. The Morgan fingerprint density at radius 1 is 1.41 bits per heavy atom. The van der Waals surface area contributed by atoms with Gasteiger partial charge in [-0.2, -0.15) is 0 Å². The number of aromatic nitrogens is 2. The second-order valence-electron chi connectivity index (χ2n) is 7.04. The molecule has 0 aliphatic heterocycles. The van der Waals surface area contributed by atoms with Crippen molar-refractivity contribution in [2.45, 2.75) is 46.6 Å². The van der Waals surface area contributed by atoms with Gasteiger partial charge in [-0.15, -0.1) is 17.8 Å². The topological polar surface area (TPSA) is 54.9 Å². The van der Waals surface area contributed by atoms with Crippen LogP contribution in [0.5, 0.6) is 0 Å². The van der Waals surface area contributed by atoms with Gasteiger partial charge in [-0.05, 0) is 36.2 Å². The van der Waals surface area contributed by atoms with E-state index in [9.17, 15) is 9.59 Å². The molecule has 0 saturated heterocycles. The van der Waals surface area contributed by atoms with Gasteiger partial charge >= 0.3 is 5.69 Å². The Morgan fingerprint density at radius 3 is 2.77 bits per heavy atom. The van der Waals surface area contributed by atoms with Crippen LogP contribution in [0, 0.1) is 23.7 Å². The molecule has 0 amide bonds. The highest BCUT2D eigenvalue weighted by Crippen LogP contribution is 2.41. The number of H-pyrrole nitrogens is 1. The second kappa shape index (κ2) is 5.13. The maximum Gasteiger partial charge on any atom is 0.330 e. The number of aromatic amines is 1. The lowest BCUT2D eigenvalue weighted by Gasteiger charge is -2.33. The summed E-state index contributed by atoms with van der Waals surface area (Å²) in [6.45, 7) is 6.80. The maximum atomic E-state index is 12.6. The van der Waals surface area contributed by atoms with E-state index in [0.29, 0.717) is 16.1 Å². The summed E-state index contributed by atoms with van der Waals surface area (Å²) in [7, 11) is 0. The lowest BCUT2D eigenvalue weighted by molar-refractivity contribution is 0.218. The average Bonchev–Trinajstić information content (AvgIpc) is 2.79. The zero-order chi connectivity index (χ0) is 16.1. The Kier molecular flexibility index (Phi) is 3.53. The van der Waals surface area contributed by atoms with E-state index in [4.69, 9.17) is 6.42 Å². The molecule has 2 aromatic heterocycles. The standard InChI is InChI=1S/C17H20N2O2S/c1-5-8-19-15(20)13-11-7-6-10(17(2,3)4)9-12(11)22-14(13)18-16(19)21/h1,10H,6-9H2,2-4H3,(H,18,21). The van der Waals surface area contributed by atoms with Crippen LogP contribution in [-0.2, 0) is 19.4 Å². The molecule has 2 aromatic rings. The first kappa shape index (κ1) is 15.1. The summed E-state index contributed by atoms with van der Waals surface area (Å²) in [6.07, 6.45) is 8.22. The Labute approximate surface area is 133 Å². The number of rotatable bonds is 1. The smallest absolute Gasteiger partial charge is 0.298 e. The fourth-order valence-corrected chi connectivity index (χ4v) is 4.58. The Morgan fingerprint density at radius 2 is 2.14 bits per heavy atom. The molecular formula is C17H20N2O2S. The molecule has 5 heteroatoms. The fourth-order valence-electron chi connectivity index (χ4n) is 3.27. The molecule has 0 spiro atoms. The van der Waals surface area contributed by atoms with Crippen molar-refractivity contribution in [2.24, 2.45) is 11.3 Å². The first-order valence-electron chi connectivity index (χ1n) is 7.53. The minimum absolute atomic E-state index is 0.0132. The van der Waals surface area contributed by atoms with Gasteiger partial charge in [0.05, 0.1) is 11.9 Å². The summed E-state index contributed by atoms with van der Waals surface area (Å²) in [5.74, 6) is 2.98. The third-order valence-corrected chi connectivity index (χ3v) is 5.83. The molecule has 1 aliphatic carbocycles. The third-order valence-electron chi connectivity index (χ3n) is 4.66. The van der Waals surface area contributed by atoms with Crippen LogP contribution in [0.25, 0.3) is 10.2 Å².